The molecule has 6 N–H and O–H groups in total. The van der Waals surface area contributed by atoms with Crippen molar-refractivity contribution in [3.05, 3.63) is 100 Å². The Morgan fingerprint density at radius 3 is 2.25 bits per heavy atom. The van der Waals surface area contributed by atoms with Crippen LogP contribution in [0.3, 0.4) is 0 Å². The molecule has 2 fully saturated rings. The van der Waals surface area contributed by atoms with Crippen molar-refractivity contribution >= 4 is 30.3 Å². The molecular weight excluding hydrogens is 946 g/mol. The number of aliphatic hydroxyl groups is 1. The van der Waals surface area contributed by atoms with E-state index in [2.05, 4.69) is 31.5 Å². The number of halogens is 3. The maximum Gasteiger partial charge on any atom is 0.552 e. The van der Waals surface area contributed by atoms with Crippen LogP contribution in [0.25, 0.3) is 16.8 Å². The highest BCUT2D eigenvalue weighted by atomic mass is 19.3. The zero-order valence-electron chi connectivity index (χ0n) is 42.3. The van der Waals surface area contributed by atoms with E-state index in [4.69, 9.17) is 28.8 Å². The van der Waals surface area contributed by atoms with Crippen molar-refractivity contribution in [3.8, 4) is 17.0 Å². The van der Waals surface area contributed by atoms with Gasteiger partial charge in [0.05, 0.1) is 72.1 Å². The van der Waals surface area contributed by atoms with E-state index in [0.29, 0.717) is 72.2 Å². The molecule has 4 aromatic rings. The number of aromatic amines is 2. The second-order valence-electron chi connectivity index (χ2n) is 21.0. The Balaban J connectivity index is 0.971. The summed E-state index contributed by atoms with van der Waals surface area (Å²) in [5, 5.41) is 26.1. The average molecular weight is 1010 g/mol. The van der Waals surface area contributed by atoms with E-state index in [1.165, 1.54) is 20.3 Å². The Bertz CT molecular complexity index is 2800. The number of ether oxygens (including phenoxy) is 3. The minimum atomic E-state index is -3.06. The first-order valence-corrected chi connectivity index (χ1v) is 25.4. The molecule has 73 heavy (non-hydrogen) atoms. The monoisotopic (exact) mass is 1010 g/mol. The number of likely N-dealkylation sites (tertiary alicyclic amines) is 2. The van der Waals surface area contributed by atoms with Gasteiger partial charge in [-0.15, -0.1) is 0 Å². The number of hydrogen-bond acceptors (Lipinski definition) is 13. The zero-order valence-corrected chi connectivity index (χ0v) is 42.3. The maximum absolute atomic E-state index is 17.4. The van der Waals surface area contributed by atoms with Gasteiger partial charge in [-0.1, -0.05) is 39.8 Å². The first kappa shape index (κ1) is 50.8. The zero-order chi connectivity index (χ0) is 51.7. The first-order chi connectivity index (χ1) is 34.9. The van der Waals surface area contributed by atoms with E-state index in [-0.39, 0.29) is 60.1 Å². The average Bonchev–Trinajstić information content (AvgIpc) is 4.23. The van der Waals surface area contributed by atoms with Crippen LogP contribution in [0, 0.1) is 11.8 Å². The van der Waals surface area contributed by atoms with Gasteiger partial charge in [0, 0.05) is 57.0 Å². The predicted molar refractivity (Wildman–Crippen MR) is 265 cm³/mol. The summed E-state index contributed by atoms with van der Waals surface area (Å²) in [4.78, 5) is 49.9. The molecule has 0 spiro atoms. The molecule has 4 unspecified atom stereocenters. The number of carbonyl (C=O) groups is 2. The minimum absolute atomic E-state index is 0.0153. The Kier molecular flexibility index (Phi) is 13.8. The molecule has 21 heteroatoms. The molecular formula is C52H65BF3N9O8. The van der Waals surface area contributed by atoms with Crippen molar-refractivity contribution < 1.29 is 51.8 Å². The molecule has 0 bridgehead atoms. The van der Waals surface area contributed by atoms with Gasteiger partial charge in [-0.3, -0.25) is 20.1 Å². The number of aliphatic hydroxyl groups excluding tert-OH is 1. The van der Waals surface area contributed by atoms with Gasteiger partial charge in [0.25, 0.3) is 5.92 Å². The highest BCUT2D eigenvalue weighted by Crippen LogP contribution is 2.57. The van der Waals surface area contributed by atoms with E-state index < -0.39 is 56.0 Å². The fourth-order valence-electron chi connectivity index (χ4n) is 11.9. The number of nitrogens with zero attached hydrogens (tertiary/aromatic N) is 5. The molecule has 17 nitrogen and oxygen atoms in total. The van der Waals surface area contributed by atoms with E-state index in [9.17, 15) is 19.7 Å². The van der Waals surface area contributed by atoms with E-state index in [1.807, 2.05) is 52.8 Å². The molecule has 390 valence electrons. The van der Waals surface area contributed by atoms with Crippen LogP contribution in [0.2, 0.25) is 0 Å². The van der Waals surface area contributed by atoms with Gasteiger partial charge in [0.15, 0.2) is 6.23 Å². The molecule has 0 radical (unpaired) electrons. The van der Waals surface area contributed by atoms with Gasteiger partial charge in [-0.05, 0) is 91.5 Å². The summed E-state index contributed by atoms with van der Waals surface area (Å²) in [5.74, 6) is -2.04. The topological polar surface area (TPSA) is 203 Å². The summed E-state index contributed by atoms with van der Waals surface area (Å²) in [5.41, 5.74) is 4.35. The maximum atomic E-state index is 17.4. The standard InChI is InChI=1S/C52H65BF3N9O8/c1-27(2)43(61-50(68)70-6)47(66)63-17-8-10-38(63)46-58-26-36(60-46)31-21-34(54)42-41(23-31)73-49(30-12-14-33-40(22-30)72-19-16-52(33,55)56)65-37-15-13-29(20-32(37)24-51(42,65)5)35-25-57-45(59-35)39-11-9-18-64(39)48(67)44(28(3)4)62-53(69)71-7/h12-15,20,22-23,25-28,34,38-39,43-44,49-50,61-62,68-69H,8-11,16-19,21,24H2,1-7H3,(H,57,59)(H,58,60)/t34?,38-,39-,43?,44-,49?,50?,51+/m0/s1. The molecule has 8 atom stereocenters. The minimum Gasteiger partial charge on any atom is -0.493 e. The molecule has 1 aliphatic carbocycles. The molecule has 2 aromatic carbocycles. The number of rotatable bonds is 15. The second-order valence-corrected chi connectivity index (χ2v) is 21.0. The number of carbonyl (C=O) groups excluding carboxylic acids is 2. The third-order valence-electron chi connectivity index (χ3n) is 15.6. The predicted octanol–water partition coefficient (Wildman–Crippen LogP) is 6.71. The van der Waals surface area contributed by atoms with E-state index in [0.717, 1.165) is 35.3 Å². The number of aromatic nitrogens is 4. The Morgan fingerprint density at radius 2 is 1.59 bits per heavy atom. The summed E-state index contributed by atoms with van der Waals surface area (Å²) in [6, 6.07) is 8.59. The summed E-state index contributed by atoms with van der Waals surface area (Å²) in [6.07, 6.45) is 4.48. The van der Waals surface area contributed by atoms with Crippen molar-refractivity contribution in [2.24, 2.45) is 11.8 Å². The molecule has 2 saturated heterocycles. The lowest BCUT2D eigenvalue weighted by Gasteiger charge is -2.50. The van der Waals surface area contributed by atoms with Crippen molar-refractivity contribution in [2.45, 2.75) is 134 Å². The van der Waals surface area contributed by atoms with Crippen LogP contribution >= 0.6 is 0 Å². The lowest BCUT2D eigenvalue weighted by molar-refractivity contribution is -0.145. The van der Waals surface area contributed by atoms with Crippen LogP contribution in [0.4, 0.5) is 18.9 Å². The fraction of sp³-hybridized carbons (Fsp3) is 0.538. The fourth-order valence-corrected chi connectivity index (χ4v) is 11.9. The van der Waals surface area contributed by atoms with Crippen LogP contribution < -0.4 is 20.2 Å². The first-order valence-electron chi connectivity index (χ1n) is 25.4. The van der Waals surface area contributed by atoms with Crippen LogP contribution in [-0.2, 0) is 36.1 Å². The van der Waals surface area contributed by atoms with Crippen molar-refractivity contribution in [2.75, 3.05) is 38.8 Å². The molecule has 6 aliphatic rings. The van der Waals surface area contributed by atoms with E-state index in [1.54, 1.807) is 34.3 Å². The van der Waals surface area contributed by atoms with Crippen LogP contribution in [-0.4, -0.2) is 123 Å². The normalized spacial score (nSPS) is 25.5. The molecule has 2 amide bonds. The Labute approximate surface area is 423 Å². The molecule has 10 rings (SSSR count). The number of benzene rings is 2. The lowest BCUT2D eigenvalue weighted by Crippen LogP contribution is -2.54. The number of fused-ring (bicyclic) bond motifs is 5. The third-order valence-corrected chi connectivity index (χ3v) is 15.6. The van der Waals surface area contributed by atoms with Crippen molar-refractivity contribution in [3.63, 3.8) is 0 Å². The van der Waals surface area contributed by atoms with Gasteiger partial charge < -0.3 is 53.7 Å². The highest BCUT2D eigenvalue weighted by Gasteiger charge is 2.55. The Hall–Kier alpha value is -5.71. The third kappa shape index (κ3) is 9.23. The van der Waals surface area contributed by atoms with Crippen LogP contribution in [0.1, 0.15) is 125 Å². The molecule has 2 aromatic heterocycles. The number of imidazole rings is 2. The van der Waals surface area contributed by atoms with Gasteiger partial charge in [0.2, 0.25) is 18.2 Å². The summed E-state index contributed by atoms with van der Waals surface area (Å²) >= 11 is 0. The SMILES string of the molecule is COB(O)N[C@H](C(=O)N1CCC[C@H]1c1ncc(-c2ccc3c(c2)C[C@]2(C)C4=C(C=C(c5cnc([C@@H]6CCCN6C(=O)C(NC(O)OC)C(C)C)[nH]5)CC4F)OC(c4ccc5c(c4)OCCC5(F)F)N32)[nH]1)C(C)C. The van der Waals surface area contributed by atoms with E-state index >= 15 is 13.2 Å². The largest absolute Gasteiger partial charge is 0.552 e. The number of allylic oxidation sites excluding steroid dienone is 2. The summed E-state index contributed by atoms with van der Waals surface area (Å²) in [6.45, 7) is 10.5. The number of H-pyrrole nitrogens is 2. The van der Waals surface area contributed by atoms with Crippen LogP contribution in [0.5, 0.6) is 5.75 Å². The lowest BCUT2D eigenvalue weighted by atomic mass is 9.77. The van der Waals surface area contributed by atoms with Gasteiger partial charge >= 0.3 is 7.25 Å². The van der Waals surface area contributed by atoms with Crippen molar-refractivity contribution in [1.29, 1.82) is 0 Å². The van der Waals surface area contributed by atoms with Crippen molar-refractivity contribution in [1.82, 2.24) is 40.3 Å². The number of hydrogen-bond donors (Lipinski definition) is 6. The summed E-state index contributed by atoms with van der Waals surface area (Å²) in [7, 11) is 1.42. The number of amides is 2. The van der Waals surface area contributed by atoms with Crippen LogP contribution in [0.15, 0.2) is 66.2 Å². The number of nitrogens with one attached hydrogen (secondary N) is 4. The quantitative estimate of drug-likeness (QED) is 0.0543. The number of methoxy groups -OCH3 is 1. The molecule has 0 saturated carbocycles. The number of anilines is 1. The van der Waals surface area contributed by atoms with Gasteiger partial charge in [-0.25, -0.2) is 23.1 Å². The number of alkyl halides is 3. The second kappa shape index (κ2) is 19.9. The van der Waals surface area contributed by atoms with Gasteiger partial charge in [0.1, 0.15) is 29.3 Å². The summed E-state index contributed by atoms with van der Waals surface area (Å²) < 4.78 is 70.5. The highest BCUT2D eigenvalue weighted by molar-refractivity contribution is 6.40. The Morgan fingerprint density at radius 1 is 0.932 bits per heavy atom. The molecule has 7 heterocycles. The molecule has 5 aliphatic heterocycles. The van der Waals surface area contributed by atoms with Gasteiger partial charge in [-0.2, -0.15) is 0 Å². The smallest absolute Gasteiger partial charge is 0.493 e.